The number of nitrogens with one attached hydrogen (secondary N) is 1. The minimum Gasteiger partial charge on any atom is -0.481 e. The molecule has 0 aliphatic rings. The van der Waals surface area contributed by atoms with E-state index in [1.54, 1.807) is 13.4 Å². The van der Waals surface area contributed by atoms with Gasteiger partial charge >= 0.3 is 0 Å². The highest BCUT2D eigenvalue weighted by atomic mass is 16.5. The summed E-state index contributed by atoms with van der Waals surface area (Å²) in [6.45, 7) is 2.50. The number of aromatic nitrogens is 2. The number of furan rings is 1. The van der Waals surface area contributed by atoms with Crippen LogP contribution in [-0.4, -0.2) is 17.1 Å². The van der Waals surface area contributed by atoms with Gasteiger partial charge in [-0.15, -0.1) is 0 Å². The molecule has 0 saturated heterocycles. The van der Waals surface area contributed by atoms with Gasteiger partial charge in [-0.2, -0.15) is 0 Å². The molecule has 2 aromatic rings. The van der Waals surface area contributed by atoms with Gasteiger partial charge in [-0.25, -0.2) is 9.97 Å². The van der Waals surface area contributed by atoms with Crippen LogP contribution in [0.4, 0.5) is 5.82 Å². The maximum atomic E-state index is 5.21. The Morgan fingerprint density at radius 2 is 2.31 bits per heavy atom. The monoisotopic (exact) mass is 219 g/mol. The second-order valence-corrected chi connectivity index (χ2v) is 3.29. The lowest BCUT2D eigenvalue weighted by Crippen LogP contribution is -2.04. The van der Waals surface area contributed by atoms with Gasteiger partial charge in [0.15, 0.2) is 0 Å². The van der Waals surface area contributed by atoms with E-state index in [1.807, 2.05) is 19.1 Å². The first-order chi connectivity index (χ1) is 7.81. The Balaban J connectivity index is 2.09. The Bertz CT molecular complexity index is 454. The lowest BCUT2D eigenvalue weighted by atomic mass is 10.3. The van der Waals surface area contributed by atoms with Crippen molar-refractivity contribution in [3.8, 4) is 5.88 Å². The summed E-state index contributed by atoms with van der Waals surface area (Å²) in [6, 6.07) is 3.76. The minimum atomic E-state index is 0.581. The maximum Gasteiger partial charge on any atom is 0.221 e. The van der Waals surface area contributed by atoms with Gasteiger partial charge in [0.1, 0.15) is 17.9 Å². The summed E-state index contributed by atoms with van der Waals surface area (Å²) in [4.78, 5) is 8.15. The van der Waals surface area contributed by atoms with Crippen LogP contribution in [0.15, 0.2) is 29.1 Å². The zero-order valence-corrected chi connectivity index (χ0v) is 9.23. The Morgan fingerprint density at radius 1 is 1.44 bits per heavy atom. The van der Waals surface area contributed by atoms with E-state index in [0.29, 0.717) is 12.4 Å². The van der Waals surface area contributed by atoms with E-state index >= 15 is 0 Å². The van der Waals surface area contributed by atoms with Crippen LogP contribution >= 0.6 is 0 Å². The van der Waals surface area contributed by atoms with Crippen LogP contribution in [0.2, 0.25) is 0 Å². The molecule has 0 atom stereocenters. The molecule has 0 saturated carbocycles. The lowest BCUT2D eigenvalue weighted by molar-refractivity contribution is 0.393. The Kier molecular flexibility index (Phi) is 3.05. The fourth-order valence-corrected chi connectivity index (χ4v) is 1.40. The molecule has 5 heteroatoms. The van der Waals surface area contributed by atoms with Gasteiger partial charge in [0.2, 0.25) is 5.88 Å². The molecule has 5 nitrogen and oxygen atoms in total. The van der Waals surface area contributed by atoms with Crippen molar-refractivity contribution in [2.75, 3.05) is 12.4 Å². The molecular formula is C11H13N3O2. The van der Waals surface area contributed by atoms with Gasteiger partial charge in [0.05, 0.1) is 25.5 Å². The van der Waals surface area contributed by atoms with E-state index in [4.69, 9.17) is 9.15 Å². The van der Waals surface area contributed by atoms with Crippen LogP contribution in [0, 0.1) is 6.92 Å². The van der Waals surface area contributed by atoms with E-state index < -0.39 is 0 Å². The SMILES string of the molecule is COc1ncnc(NCc2ccco2)c1C. The van der Waals surface area contributed by atoms with Crippen molar-refractivity contribution < 1.29 is 9.15 Å². The first-order valence-electron chi connectivity index (χ1n) is 4.93. The molecule has 2 rings (SSSR count). The summed E-state index contributed by atoms with van der Waals surface area (Å²) >= 11 is 0. The van der Waals surface area contributed by atoms with E-state index in [2.05, 4.69) is 15.3 Å². The van der Waals surface area contributed by atoms with Gasteiger partial charge in [-0.05, 0) is 19.1 Å². The predicted molar refractivity (Wildman–Crippen MR) is 59.4 cm³/mol. The number of ether oxygens (including phenoxy) is 1. The van der Waals surface area contributed by atoms with E-state index in [1.165, 1.54) is 6.33 Å². The third-order valence-corrected chi connectivity index (χ3v) is 2.24. The van der Waals surface area contributed by atoms with Gasteiger partial charge in [0.25, 0.3) is 0 Å². The van der Waals surface area contributed by atoms with Crippen LogP contribution in [0.5, 0.6) is 5.88 Å². The lowest BCUT2D eigenvalue weighted by Gasteiger charge is -2.09. The maximum absolute atomic E-state index is 5.21. The molecule has 2 heterocycles. The van der Waals surface area contributed by atoms with Gasteiger partial charge in [0, 0.05) is 0 Å². The highest BCUT2D eigenvalue weighted by Crippen LogP contribution is 2.20. The second kappa shape index (κ2) is 4.65. The second-order valence-electron chi connectivity index (χ2n) is 3.29. The van der Waals surface area contributed by atoms with E-state index in [9.17, 15) is 0 Å². The molecule has 0 spiro atoms. The summed E-state index contributed by atoms with van der Waals surface area (Å²) in [5, 5.41) is 3.17. The quantitative estimate of drug-likeness (QED) is 0.852. The molecule has 0 unspecified atom stereocenters. The largest absolute Gasteiger partial charge is 0.481 e. The van der Waals surface area contributed by atoms with Crippen molar-refractivity contribution in [3.05, 3.63) is 36.0 Å². The molecular weight excluding hydrogens is 206 g/mol. The average molecular weight is 219 g/mol. The van der Waals surface area contributed by atoms with Gasteiger partial charge in [-0.3, -0.25) is 0 Å². The molecule has 0 radical (unpaired) electrons. The number of methoxy groups -OCH3 is 1. The molecule has 2 aromatic heterocycles. The Labute approximate surface area is 93.5 Å². The van der Waals surface area contributed by atoms with Gasteiger partial charge < -0.3 is 14.5 Å². The fourth-order valence-electron chi connectivity index (χ4n) is 1.40. The summed E-state index contributed by atoms with van der Waals surface area (Å²) in [7, 11) is 1.59. The third kappa shape index (κ3) is 2.13. The smallest absolute Gasteiger partial charge is 0.221 e. The first kappa shape index (κ1) is 10.5. The average Bonchev–Trinajstić information content (AvgIpc) is 2.81. The first-order valence-corrected chi connectivity index (χ1v) is 4.93. The zero-order chi connectivity index (χ0) is 11.4. The molecule has 0 aliphatic heterocycles. The van der Waals surface area contributed by atoms with Crippen molar-refractivity contribution >= 4 is 5.82 Å². The number of hydrogen-bond acceptors (Lipinski definition) is 5. The van der Waals surface area contributed by atoms with Crippen LogP contribution in [-0.2, 0) is 6.54 Å². The topological polar surface area (TPSA) is 60.2 Å². The molecule has 1 N–H and O–H groups in total. The summed E-state index contributed by atoms with van der Waals surface area (Å²) in [5.74, 6) is 2.19. The number of anilines is 1. The van der Waals surface area contributed by atoms with Crippen LogP contribution in [0.1, 0.15) is 11.3 Å². The molecule has 0 amide bonds. The van der Waals surface area contributed by atoms with Crippen molar-refractivity contribution in [3.63, 3.8) is 0 Å². The van der Waals surface area contributed by atoms with Crippen molar-refractivity contribution in [1.82, 2.24) is 9.97 Å². The van der Waals surface area contributed by atoms with Crippen molar-refractivity contribution in [2.45, 2.75) is 13.5 Å². The molecule has 0 aliphatic carbocycles. The van der Waals surface area contributed by atoms with Crippen LogP contribution in [0.25, 0.3) is 0 Å². The van der Waals surface area contributed by atoms with E-state index in [0.717, 1.165) is 17.1 Å². The highest BCUT2D eigenvalue weighted by molar-refractivity contribution is 5.47. The summed E-state index contributed by atoms with van der Waals surface area (Å²) in [5.41, 5.74) is 0.886. The van der Waals surface area contributed by atoms with E-state index in [-0.39, 0.29) is 0 Å². The third-order valence-electron chi connectivity index (χ3n) is 2.24. The summed E-state index contributed by atoms with van der Waals surface area (Å²) < 4.78 is 10.3. The number of hydrogen-bond donors (Lipinski definition) is 1. The van der Waals surface area contributed by atoms with Crippen LogP contribution in [0.3, 0.4) is 0 Å². The normalized spacial score (nSPS) is 10.1. The summed E-state index contributed by atoms with van der Waals surface area (Å²) in [6.07, 6.45) is 3.11. The van der Waals surface area contributed by atoms with Crippen molar-refractivity contribution in [1.29, 1.82) is 0 Å². The van der Waals surface area contributed by atoms with Gasteiger partial charge in [-0.1, -0.05) is 0 Å². The zero-order valence-electron chi connectivity index (χ0n) is 9.23. The van der Waals surface area contributed by atoms with Crippen LogP contribution < -0.4 is 10.1 Å². The standard InChI is InChI=1S/C11H13N3O2/c1-8-10(13-7-14-11(8)15-2)12-6-9-4-3-5-16-9/h3-5,7H,6H2,1-2H3,(H,12,13,14). The molecule has 84 valence electrons. The molecule has 0 aromatic carbocycles. The number of rotatable bonds is 4. The Morgan fingerprint density at radius 3 is 3.00 bits per heavy atom. The fraction of sp³-hybridized carbons (Fsp3) is 0.273. The molecule has 0 bridgehead atoms. The molecule has 16 heavy (non-hydrogen) atoms. The highest BCUT2D eigenvalue weighted by Gasteiger charge is 2.06. The predicted octanol–water partition coefficient (Wildman–Crippen LogP) is 2.00. The van der Waals surface area contributed by atoms with Crippen molar-refractivity contribution in [2.24, 2.45) is 0 Å². The minimum absolute atomic E-state index is 0.581. The number of nitrogens with zero attached hydrogens (tertiary/aromatic N) is 2. The Hall–Kier alpha value is -2.04. The molecule has 0 fully saturated rings.